The highest BCUT2D eigenvalue weighted by Crippen LogP contribution is 2.31. The Bertz CT molecular complexity index is 530. The maximum atomic E-state index is 6.02. The Labute approximate surface area is 122 Å². The zero-order chi connectivity index (χ0) is 12.4. The summed E-state index contributed by atoms with van der Waals surface area (Å²) in [6, 6.07) is 5.94. The van der Waals surface area contributed by atoms with Gasteiger partial charge in [-0.2, -0.15) is 0 Å². The topological polar surface area (TPSA) is 24.9 Å². The standard InChI is InChI=1S/C11H9BrCl2N2S/c1-6(9-2-3-10(13)17-9)16-8-4-7(12)5-15-11(8)14/h2-6,16H,1H3. The van der Waals surface area contributed by atoms with Gasteiger partial charge in [-0.05, 0) is 41.1 Å². The Morgan fingerprint density at radius 3 is 2.82 bits per heavy atom. The number of hydrogen-bond acceptors (Lipinski definition) is 3. The third kappa shape index (κ3) is 3.35. The second-order valence-electron chi connectivity index (χ2n) is 3.50. The summed E-state index contributed by atoms with van der Waals surface area (Å²) in [5.74, 6) is 0. The van der Waals surface area contributed by atoms with E-state index in [0.29, 0.717) is 5.15 Å². The van der Waals surface area contributed by atoms with Crippen LogP contribution in [0.4, 0.5) is 5.69 Å². The third-order valence-corrected chi connectivity index (χ3v) is 4.35. The zero-order valence-corrected chi connectivity index (χ0v) is 12.8. The molecule has 0 spiro atoms. The number of aromatic nitrogens is 1. The Balaban J connectivity index is 2.18. The van der Waals surface area contributed by atoms with Gasteiger partial charge < -0.3 is 5.32 Å². The minimum atomic E-state index is 0.140. The maximum Gasteiger partial charge on any atom is 0.152 e. The van der Waals surface area contributed by atoms with Crippen LogP contribution in [0.25, 0.3) is 0 Å². The lowest BCUT2D eigenvalue weighted by atomic mass is 10.2. The van der Waals surface area contributed by atoms with Crippen LogP contribution >= 0.6 is 50.5 Å². The van der Waals surface area contributed by atoms with E-state index in [1.807, 2.05) is 18.2 Å². The molecule has 0 aromatic carbocycles. The van der Waals surface area contributed by atoms with Gasteiger partial charge in [0.05, 0.1) is 16.1 Å². The van der Waals surface area contributed by atoms with Crippen LogP contribution in [0.2, 0.25) is 9.49 Å². The number of thiophene rings is 1. The first kappa shape index (κ1) is 13.1. The SMILES string of the molecule is CC(Nc1cc(Br)cnc1Cl)c1ccc(Cl)s1. The molecule has 6 heteroatoms. The average molecular weight is 352 g/mol. The maximum absolute atomic E-state index is 6.02. The fourth-order valence-corrected chi connectivity index (χ4v) is 2.94. The van der Waals surface area contributed by atoms with Crippen LogP contribution < -0.4 is 5.32 Å². The third-order valence-electron chi connectivity index (χ3n) is 2.20. The number of pyridine rings is 1. The second kappa shape index (κ2) is 5.57. The van der Waals surface area contributed by atoms with E-state index < -0.39 is 0 Å². The molecule has 1 unspecified atom stereocenters. The summed E-state index contributed by atoms with van der Waals surface area (Å²) in [6.07, 6.45) is 1.67. The molecule has 0 saturated heterocycles. The molecule has 0 fully saturated rings. The lowest BCUT2D eigenvalue weighted by molar-refractivity contribution is 0.905. The number of halogens is 3. The van der Waals surface area contributed by atoms with Crippen LogP contribution in [0.3, 0.4) is 0 Å². The smallest absolute Gasteiger partial charge is 0.152 e. The highest BCUT2D eigenvalue weighted by molar-refractivity contribution is 9.10. The fraction of sp³-hybridized carbons (Fsp3) is 0.182. The van der Waals surface area contributed by atoms with Crippen LogP contribution in [0.5, 0.6) is 0 Å². The van der Waals surface area contributed by atoms with Crippen molar-refractivity contribution in [2.24, 2.45) is 0 Å². The molecule has 1 atom stereocenters. The normalized spacial score (nSPS) is 12.5. The highest BCUT2D eigenvalue weighted by atomic mass is 79.9. The first-order valence-electron chi connectivity index (χ1n) is 4.89. The molecule has 2 heterocycles. The van der Waals surface area contributed by atoms with E-state index in [4.69, 9.17) is 23.2 Å². The van der Waals surface area contributed by atoms with E-state index in [2.05, 4.69) is 33.2 Å². The molecule has 0 aliphatic heterocycles. The van der Waals surface area contributed by atoms with Crippen molar-refractivity contribution in [3.05, 3.63) is 43.2 Å². The van der Waals surface area contributed by atoms with Gasteiger partial charge in [0.1, 0.15) is 0 Å². The molecular formula is C11H9BrCl2N2S. The summed E-state index contributed by atoms with van der Waals surface area (Å²) in [6.45, 7) is 2.05. The van der Waals surface area contributed by atoms with Crippen molar-refractivity contribution in [1.29, 1.82) is 0 Å². The van der Waals surface area contributed by atoms with E-state index in [-0.39, 0.29) is 6.04 Å². The minimum absolute atomic E-state index is 0.140. The number of nitrogens with zero attached hydrogens (tertiary/aromatic N) is 1. The minimum Gasteiger partial charge on any atom is -0.375 e. The van der Waals surface area contributed by atoms with Crippen molar-refractivity contribution in [3.63, 3.8) is 0 Å². The number of rotatable bonds is 3. The van der Waals surface area contributed by atoms with Crippen LogP contribution in [-0.4, -0.2) is 4.98 Å². The van der Waals surface area contributed by atoms with E-state index in [1.165, 1.54) is 0 Å². The fourth-order valence-electron chi connectivity index (χ4n) is 1.39. The summed E-state index contributed by atoms with van der Waals surface area (Å²) < 4.78 is 1.67. The molecule has 2 nitrogen and oxygen atoms in total. The van der Waals surface area contributed by atoms with Gasteiger partial charge in [-0.15, -0.1) is 11.3 Å². The summed E-state index contributed by atoms with van der Waals surface area (Å²) in [7, 11) is 0. The molecular weight excluding hydrogens is 343 g/mol. The van der Waals surface area contributed by atoms with Crippen molar-refractivity contribution in [3.8, 4) is 0 Å². The summed E-state index contributed by atoms with van der Waals surface area (Å²) in [5.41, 5.74) is 0.804. The van der Waals surface area contributed by atoms with Crippen LogP contribution in [0.15, 0.2) is 28.9 Å². The van der Waals surface area contributed by atoms with Crippen LogP contribution in [-0.2, 0) is 0 Å². The molecule has 0 saturated carbocycles. The quantitative estimate of drug-likeness (QED) is 0.750. The average Bonchev–Trinajstić information content (AvgIpc) is 2.70. The van der Waals surface area contributed by atoms with E-state index >= 15 is 0 Å². The van der Waals surface area contributed by atoms with Crippen molar-refractivity contribution < 1.29 is 0 Å². The summed E-state index contributed by atoms with van der Waals surface area (Å²) in [5, 5.41) is 3.77. The lowest BCUT2D eigenvalue weighted by Gasteiger charge is -2.14. The van der Waals surface area contributed by atoms with Crippen molar-refractivity contribution in [2.75, 3.05) is 5.32 Å². The first-order chi connectivity index (χ1) is 8.06. The molecule has 1 N–H and O–H groups in total. The van der Waals surface area contributed by atoms with Gasteiger partial charge >= 0.3 is 0 Å². The molecule has 0 aliphatic carbocycles. The monoisotopic (exact) mass is 350 g/mol. The van der Waals surface area contributed by atoms with Gasteiger partial charge in [0.25, 0.3) is 0 Å². The number of nitrogens with one attached hydrogen (secondary N) is 1. The first-order valence-corrected chi connectivity index (χ1v) is 7.25. The molecule has 0 amide bonds. The van der Waals surface area contributed by atoms with E-state index in [9.17, 15) is 0 Å². The summed E-state index contributed by atoms with van der Waals surface area (Å²) >= 11 is 16.8. The van der Waals surface area contributed by atoms with Gasteiger partial charge in [0.2, 0.25) is 0 Å². The van der Waals surface area contributed by atoms with Crippen LogP contribution in [0.1, 0.15) is 17.8 Å². The Hall–Kier alpha value is -0.290. The van der Waals surface area contributed by atoms with Gasteiger partial charge in [-0.1, -0.05) is 23.2 Å². The Kier molecular flexibility index (Phi) is 4.31. The van der Waals surface area contributed by atoms with E-state index in [1.54, 1.807) is 17.5 Å². The Morgan fingerprint density at radius 2 is 2.18 bits per heavy atom. The molecule has 2 aromatic heterocycles. The number of hydrogen-bond donors (Lipinski definition) is 1. The van der Waals surface area contributed by atoms with Crippen molar-refractivity contribution in [2.45, 2.75) is 13.0 Å². The summed E-state index contributed by atoms with van der Waals surface area (Å²) in [4.78, 5) is 5.22. The van der Waals surface area contributed by atoms with Gasteiger partial charge in [-0.25, -0.2) is 4.98 Å². The van der Waals surface area contributed by atoms with Crippen LogP contribution in [0, 0.1) is 0 Å². The molecule has 0 bridgehead atoms. The molecule has 17 heavy (non-hydrogen) atoms. The molecule has 2 rings (SSSR count). The Morgan fingerprint density at radius 1 is 1.41 bits per heavy atom. The van der Waals surface area contributed by atoms with Crippen molar-refractivity contribution in [1.82, 2.24) is 4.98 Å². The molecule has 90 valence electrons. The van der Waals surface area contributed by atoms with E-state index in [0.717, 1.165) is 19.4 Å². The molecule has 0 aliphatic rings. The van der Waals surface area contributed by atoms with Gasteiger partial charge in [0, 0.05) is 15.5 Å². The molecule has 0 radical (unpaired) electrons. The zero-order valence-electron chi connectivity index (χ0n) is 8.88. The highest BCUT2D eigenvalue weighted by Gasteiger charge is 2.10. The predicted molar refractivity (Wildman–Crippen MR) is 78.3 cm³/mol. The van der Waals surface area contributed by atoms with Gasteiger partial charge in [-0.3, -0.25) is 0 Å². The molecule has 2 aromatic rings. The van der Waals surface area contributed by atoms with Gasteiger partial charge in [0.15, 0.2) is 5.15 Å². The lowest BCUT2D eigenvalue weighted by Crippen LogP contribution is -2.05. The predicted octanol–water partition coefficient (Wildman–Crippen LogP) is 5.39. The largest absolute Gasteiger partial charge is 0.375 e. The number of anilines is 1. The van der Waals surface area contributed by atoms with Crippen molar-refractivity contribution >= 4 is 56.2 Å². The second-order valence-corrected chi connectivity index (χ2v) is 6.52.